The highest BCUT2D eigenvalue weighted by molar-refractivity contribution is 6.31. The summed E-state index contributed by atoms with van der Waals surface area (Å²) in [6.07, 6.45) is 0. The molecule has 0 aromatic heterocycles. The van der Waals surface area contributed by atoms with Crippen LogP contribution in [0.15, 0.2) is 12.1 Å². The third-order valence-electron chi connectivity index (χ3n) is 2.04. The molecule has 0 spiro atoms. The molecule has 0 atom stereocenters. The molecule has 0 radical (unpaired) electrons. The van der Waals surface area contributed by atoms with E-state index in [0.29, 0.717) is 0 Å². The lowest BCUT2D eigenvalue weighted by Gasteiger charge is -2.20. The van der Waals surface area contributed by atoms with Crippen molar-refractivity contribution in [2.45, 2.75) is 19.4 Å². The number of hydrogen-bond donors (Lipinski definition) is 2. The average Bonchev–Trinajstić information content (AvgIpc) is 2.24. The number of benzene rings is 1. The van der Waals surface area contributed by atoms with Crippen LogP contribution in [0.1, 0.15) is 24.2 Å². The first-order valence-corrected chi connectivity index (χ1v) is 5.58. The topological polar surface area (TPSA) is 76.0 Å². The zero-order valence-electron chi connectivity index (χ0n) is 10.4. The predicted octanol–water partition coefficient (Wildman–Crippen LogP) is 2.20. The van der Waals surface area contributed by atoms with E-state index in [1.165, 1.54) is 19.2 Å². The summed E-state index contributed by atoms with van der Waals surface area (Å²) in [6.45, 7) is 3.04. The monoisotopic (exact) mass is 274 g/mol. The first kappa shape index (κ1) is 14.6. The number of aromatic carboxylic acids is 1. The van der Waals surface area contributed by atoms with Gasteiger partial charge in [0.1, 0.15) is 12.2 Å². The van der Waals surface area contributed by atoms with Crippen LogP contribution in [0, 0.1) is 0 Å². The number of methoxy groups -OCH3 is 1. The van der Waals surface area contributed by atoms with Crippen LogP contribution in [0.2, 0.25) is 5.02 Å². The average molecular weight is 275 g/mol. The minimum Gasteiger partial charge on any atom is -0.493 e. The number of hydrogen-bond acceptors (Lipinski definition) is 4. The number of aliphatic hydroxyl groups is 1. The van der Waals surface area contributed by atoms with Crippen LogP contribution in [-0.2, 0) is 0 Å². The van der Waals surface area contributed by atoms with Gasteiger partial charge in [-0.1, -0.05) is 11.6 Å². The van der Waals surface area contributed by atoms with E-state index in [2.05, 4.69) is 0 Å². The zero-order valence-corrected chi connectivity index (χ0v) is 11.1. The molecule has 0 aliphatic carbocycles. The van der Waals surface area contributed by atoms with Gasteiger partial charge in [-0.25, -0.2) is 4.79 Å². The van der Waals surface area contributed by atoms with Gasteiger partial charge >= 0.3 is 5.97 Å². The second kappa shape index (κ2) is 5.46. The molecule has 0 saturated carbocycles. The summed E-state index contributed by atoms with van der Waals surface area (Å²) in [5, 5.41) is 18.9. The maximum absolute atomic E-state index is 11.1. The highest BCUT2D eigenvalue weighted by atomic mass is 35.5. The molecular weight excluding hydrogens is 260 g/mol. The summed E-state index contributed by atoms with van der Waals surface area (Å²) in [5.41, 5.74) is -1.19. The second-order valence-electron chi connectivity index (χ2n) is 4.39. The Balaban J connectivity index is 3.17. The Labute approximate surface area is 110 Å². The van der Waals surface area contributed by atoms with Crippen LogP contribution in [0.4, 0.5) is 0 Å². The highest BCUT2D eigenvalue weighted by Gasteiger charge is 2.21. The Bertz CT molecular complexity index is 451. The molecule has 5 nitrogen and oxygen atoms in total. The van der Waals surface area contributed by atoms with Gasteiger partial charge in [0.05, 0.1) is 12.7 Å². The molecule has 100 valence electrons. The first-order chi connectivity index (χ1) is 8.24. The lowest BCUT2D eigenvalue weighted by atomic mass is 10.1. The molecule has 0 heterocycles. The van der Waals surface area contributed by atoms with Crippen LogP contribution < -0.4 is 9.47 Å². The van der Waals surface area contributed by atoms with E-state index in [0.717, 1.165) is 0 Å². The van der Waals surface area contributed by atoms with E-state index in [1.807, 2.05) is 0 Å². The lowest BCUT2D eigenvalue weighted by Crippen LogP contribution is -2.28. The predicted molar refractivity (Wildman–Crippen MR) is 66.8 cm³/mol. The van der Waals surface area contributed by atoms with Gasteiger partial charge in [0.15, 0.2) is 11.5 Å². The Morgan fingerprint density at radius 1 is 1.44 bits per heavy atom. The molecule has 0 fully saturated rings. The quantitative estimate of drug-likeness (QED) is 0.861. The van der Waals surface area contributed by atoms with E-state index in [9.17, 15) is 9.90 Å². The van der Waals surface area contributed by atoms with Crippen LogP contribution in [0.3, 0.4) is 0 Å². The van der Waals surface area contributed by atoms with Crippen molar-refractivity contribution in [1.82, 2.24) is 0 Å². The van der Waals surface area contributed by atoms with Gasteiger partial charge in [-0.05, 0) is 19.9 Å². The molecule has 1 rings (SSSR count). The van der Waals surface area contributed by atoms with Gasteiger partial charge in [0, 0.05) is 11.1 Å². The van der Waals surface area contributed by atoms with E-state index >= 15 is 0 Å². The third-order valence-corrected chi connectivity index (χ3v) is 2.26. The summed E-state index contributed by atoms with van der Waals surface area (Å²) in [4.78, 5) is 11.1. The Hall–Kier alpha value is -1.46. The minimum absolute atomic E-state index is 0.0523. The molecule has 0 aliphatic heterocycles. The summed E-state index contributed by atoms with van der Waals surface area (Å²) >= 11 is 5.79. The van der Waals surface area contributed by atoms with Crippen molar-refractivity contribution < 1.29 is 24.5 Å². The van der Waals surface area contributed by atoms with E-state index in [4.69, 9.17) is 26.2 Å². The van der Waals surface area contributed by atoms with Gasteiger partial charge in [-0.3, -0.25) is 0 Å². The van der Waals surface area contributed by atoms with Crippen molar-refractivity contribution in [2.24, 2.45) is 0 Å². The molecule has 0 aliphatic rings. The molecule has 1 aromatic carbocycles. The van der Waals surface area contributed by atoms with E-state index in [-0.39, 0.29) is 28.7 Å². The van der Waals surface area contributed by atoms with Crippen LogP contribution >= 0.6 is 11.6 Å². The maximum atomic E-state index is 11.1. The molecule has 1 aromatic rings. The fourth-order valence-corrected chi connectivity index (χ4v) is 1.48. The standard InChI is InChI=1S/C12H15ClO5/c1-12(2,16)6-18-10-8(11(14)15)4-7(13)5-9(10)17-3/h4-5,16H,6H2,1-3H3,(H,14,15). The maximum Gasteiger partial charge on any atom is 0.339 e. The molecule has 0 saturated heterocycles. The molecule has 0 unspecified atom stereocenters. The van der Waals surface area contributed by atoms with E-state index in [1.54, 1.807) is 13.8 Å². The van der Waals surface area contributed by atoms with Crippen molar-refractivity contribution >= 4 is 17.6 Å². The van der Waals surface area contributed by atoms with Gasteiger partial charge in [0.25, 0.3) is 0 Å². The van der Waals surface area contributed by atoms with Crippen molar-refractivity contribution in [3.8, 4) is 11.5 Å². The number of carboxylic acid groups (broad SMARTS) is 1. The third kappa shape index (κ3) is 3.78. The Kier molecular flexibility index (Phi) is 4.43. The second-order valence-corrected chi connectivity index (χ2v) is 4.83. The van der Waals surface area contributed by atoms with Crippen molar-refractivity contribution in [3.05, 3.63) is 22.7 Å². The zero-order chi connectivity index (χ0) is 13.9. The minimum atomic E-state index is -1.18. The van der Waals surface area contributed by atoms with Gasteiger partial charge in [0.2, 0.25) is 0 Å². The van der Waals surface area contributed by atoms with Gasteiger partial charge < -0.3 is 19.7 Å². The molecule has 0 bridgehead atoms. The van der Waals surface area contributed by atoms with Crippen molar-refractivity contribution in [2.75, 3.05) is 13.7 Å². The summed E-state index contributed by atoms with van der Waals surface area (Å²) in [5.74, 6) is -0.915. The summed E-state index contributed by atoms with van der Waals surface area (Å²) in [6, 6.07) is 2.72. The van der Waals surface area contributed by atoms with Crippen LogP contribution in [0.25, 0.3) is 0 Å². The molecule has 0 amide bonds. The largest absolute Gasteiger partial charge is 0.493 e. The lowest BCUT2D eigenvalue weighted by molar-refractivity contribution is 0.0266. The fourth-order valence-electron chi connectivity index (χ4n) is 1.28. The molecule has 18 heavy (non-hydrogen) atoms. The SMILES string of the molecule is COc1cc(Cl)cc(C(=O)O)c1OCC(C)(C)O. The smallest absolute Gasteiger partial charge is 0.339 e. The number of carboxylic acids is 1. The van der Waals surface area contributed by atoms with Crippen molar-refractivity contribution in [1.29, 1.82) is 0 Å². The Morgan fingerprint density at radius 2 is 2.06 bits per heavy atom. The van der Waals surface area contributed by atoms with Crippen LogP contribution in [0.5, 0.6) is 11.5 Å². The molecular formula is C12H15ClO5. The molecule has 2 N–H and O–H groups in total. The molecule has 6 heteroatoms. The van der Waals surface area contributed by atoms with E-state index < -0.39 is 11.6 Å². The van der Waals surface area contributed by atoms with Crippen LogP contribution in [-0.4, -0.2) is 35.5 Å². The number of ether oxygens (including phenoxy) is 2. The van der Waals surface area contributed by atoms with Gasteiger partial charge in [-0.15, -0.1) is 0 Å². The van der Waals surface area contributed by atoms with Crippen molar-refractivity contribution in [3.63, 3.8) is 0 Å². The van der Waals surface area contributed by atoms with Gasteiger partial charge in [-0.2, -0.15) is 0 Å². The number of rotatable bonds is 5. The summed E-state index contributed by atoms with van der Waals surface area (Å²) in [7, 11) is 1.38. The number of halogens is 1. The Morgan fingerprint density at radius 3 is 2.50 bits per heavy atom. The highest BCUT2D eigenvalue weighted by Crippen LogP contribution is 2.35. The fraction of sp³-hybridized carbons (Fsp3) is 0.417. The normalized spacial score (nSPS) is 11.2. The number of carbonyl (C=O) groups is 1. The first-order valence-electron chi connectivity index (χ1n) is 5.20. The summed E-state index contributed by atoms with van der Waals surface area (Å²) < 4.78 is 10.4.